The van der Waals surface area contributed by atoms with Gasteiger partial charge in [-0.05, 0) is 63.0 Å². The molecular formula is C17H21N3O3S. The van der Waals surface area contributed by atoms with Gasteiger partial charge < -0.3 is 15.0 Å². The minimum absolute atomic E-state index is 0.0649. The third kappa shape index (κ3) is 3.91. The summed E-state index contributed by atoms with van der Waals surface area (Å²) in [5, 5.41) is 3.47. The Balaban J connectivity index is 1.66. The molecule has 7 heteroatoms. The predicted molar refractivity (Wildman–Crippen MR) is 94.9 cm³/mol. The topological polar surface area (TPSA) is 87.0 Å². The van der Waals surface area contributed by atoms with E-state index >= 15 is 0 Å². The molecule has 1 aromatic heterocycles. The zero-order chi connectivity index (χ0) is 17.1. The molecule has 0 saturated carbocycles. The van der Waals surface area contributed by atoms with Gasteiger partial charge in [0.25, 0.3) is 11.5 Å². The molecule has 24 heavy (non-hydrogen) atoms. The van der Waals surface area contributed by atoms with Crippen LogP contribution in [0.15, 0.2) is 23.0 Å². The maximum absolute atomic E-state index is 12.4. The number of carbonyl (C=O) groups excluding carboxylic acids is 1. The van der Waals surface area contributed by atoms with Crippen LogP contribution in [0.5, 0.6) is 0 Å². The molecule has 0 aliphatic carbocycles. The Morgan fingerprint density at radius 2 is 2.29 bits per heavy atom. The lowest BCUT2D eigenvalue weighted by Crippen LogP contribution is -2.33. The summed E-state index contributed by atoms with van der Waals surface area (Å²) in [6.45, 7) is 2.84. The first-order valence-electron chi connectivity index (χ1n) is 8.22. The predicted octanol–water partition coefficient (Wildman–Crippen LogP) is 2.66. The molecule has 3 rings (SSSR count). The third-order valence-corrected chi connectivity index (χ3v) is 4.53. The fourth-order valence-corrected chi connectivity index (χ4v) is 3.20. The summed E-state index contributed by atoms with van der Waals surface area (Å²) in [6.07, 6.45) is 4.41. The van der Waals surface area contributed by atoms with E-state index in [1.165, 1.54) is 0 Å². The van der Waals surface area contributed by atoms with E-state index in [1.54, 1.807) is 18.2 Å². The Labute approximate surface area is 144 Å². The molecule has 1 amide bonds. The van der Waals surface area contributed by atoms with Gasteiger partial charge in [-0.3, -0.25) is 14.6 Å². The summed E-state index contributed by atoms with van der Waals surface area (Å²) in [4.78, 5) is 29.6. The minimum Gasteiger partial charge on any atom is -0.378 e. The van der Waals surface area contributed by atoms with Crippen molar-refractivity contribution in [2.75, 3.05) is 6.61 Å². The maximum Gasteiger partial charge on any atom is 0.259 e. The van der Waals surface area contributed by atoms with Crippen LogP contribution in [0.3, 0.4) is 0 Å². The van der Waals surface area contributed by atoms with Crippen molar-refractivity contribution >= 4 is 29.0 Å². The van der Waals surface area contributed by atoms with Crippen molar-refractivity contribution in [1.82, 2.24) is 15.3 Å². The first kappa shape index (κ1) is 16.9. The van der Waals surface area contributed by atoms with Crippen LogP contribution in [-0.4, -0.2) is 34.6 Å². The van der Waals surface area contributed by atoms with Gasteiger partial charge in [-0.15, -0.1) is 0 Å². The summed E-state index contributed by atoms with van der Waals surface area (Å²) in [6, 6.07) is 5.00. The van der Waals surface area contributed by atoms with E-state index in [9.17, 15) is 9.59 Å². The van der Waals surface area contributed by atoms with E-state index in [4.69, 9.17) is 17.0 Å². The summed E-state index contributed by atoms with van der Waals surface area (Å²) in [7, 11) is 0. The number of amides is 1. The number of aromatic amines is 2. The molecule has 0 spiro atoms. The van der Waals surface area contributed by atoms with Crippen LogP contribution >= 0.6 is 12.2 Å². The molecule has 6 nitrogen and oxygen atoms in total. The molecule has 2 aromatic rings. The second kappa shape index (κ2) is 7.27. The van der Waals surface area contributed by atoms with Crippen molar-refractivity contribution in [2.45, 2.75) is 44.8 Å². The second-order valence-corrected chi connectivity index (χ2v) is 6.66. The molecular weight excluding hydrogens is 326 g/mol. The van der Waals surface area contributed by atoms with Crippen molar-refractivity contribution < 1.29 is 9.53 Å². The lowest BCUT2D eigenvalue weighted by Gasteiger charge is -2.16. The Morgan fingerprint density at radius 1 is 1.46 bits per heavy atom. The molecule has 2 heterocycles. The molecule has 0 unspecified atom stereocenters. The summed E-state index contributed by atoms with van der Waals surface area (Å²) in [5.74, 6) is -0.156. The number of ether oxygens (including phenoxy) is 1. The van der Waals surface area contributed by atoms with Gasteiger partial charge in [0.1, 0.15) is 0 Å². The van der Waals surface area contributed by atoms with Gasteiger partial charge in [0, 0.05) is 18.2 Å². The van der Waals surface area contributed by atoms with Crippen LogP contribution in [0.1, 0.15) is 43.0 Å². The molecule has 1 aliphatic heterocycles. The van der Waals surface area contributed by atoms with E-state index < -0.39 is 0 Å². The number of benzene rings is 1. The van der Waals surface area contributed by atoms with Gasteiger partial charge in [-0.25, -0.2) is 0 Å². The fourth-order valence-electron chi connectivity index (χ4n) is 3.00. The smallest absolute Gasteiger partial charge is 0.259 e. The van der Waals surface area contributed by atoms with Crippen molar-refractivity contribution in [3.8, 4) is 0 Å². The maximum atomic E-state index is 12.4. The quantitative estimate of drug-likeness (QED) is 0.726. The number of H-pyrrole nitrogens is 2. The number of rotatable bonds is 5. The van der Waals surface area contributed by atoms with E-state index in [0.717, 1.165) is 32.3 Å². The molecule has 2 atom stereocenters. The van der Waals surface area contributed by atoms with Crippen LogP contribution < -0.4 is 10.9 Å². The zero-order valence-corrected chi connectivity index (χ0v) is 14.4. The van der Waals surface area contributed by atoms with Crippen molar-refractivity contribution in [3.63, 3.8) is 0 Å². The standard InChI is InChI=1S/C17H21N3O3S/c1-10(4-6-12-3-2-8-23-12)18-15(21)11-5-7-13-14(9-11)19-17(24)20-16(13)22/h5,7,9-10,12H,2-4,6,8H2,1H3,(H,18,21)(H2,19,20,22,24)/t10-,12+/m0/s1. The number of aromatic nitrogens is 2. The summed E-state index contributed by atoms with van der Waals surface area (Å²) >= 11 is 4.97. The average Bonchev–Trinajstić information content (AvgIpc) is 3.05. The molecule has 1 aliphatic rings. The van der Waals surface area contributed by atoms with E-state index in [-0.39, 0.29) is 22.3 Å². The van der Waals surface area contributed by atoms with Gasteiger partial charge in [-0.1, -0.05) is 0 Å². The van der Waals surface area contributed by atoms with Gasteiger partial charge in [0.05, 0.1) is 17.0 Å². The molecule has 128 valence electrons. The highest BCUT2D eigenvalue weighted by Crippen LogP contribution is 2.18. The molecule has 3 N–H and O–H groups in total. The average molecular weight is 347 g/mol. The Bertz CT molecular complexity index is 852. The Kier molecular flexibility index (Phi) is 5.11. The van der Waals surface area contributed by atoms with Crippen molar-refractivity contribution in [3.05, 3.63) is 38.9 Å². The van der Waals surface area contributed by atoms with Crippen LogP contribution in [0.25, 0.3) is 10.9 Å². The highest BCUT2D eigenvalue weighted by molar-refractivity contribution is 7.71. The van der Waals surface area contributed by atoms with E-state index in [0.29, 0.717) is 22.6 Å². The van der Waals surface area contributed by atoms with Crippen LogP contribution in [0, 0.1) is 4.77 Å². The molecule has 0 radical (unpaired) electrons. The Morgan fingerprint density at radius 3 is 3.04 bits per heavy atom. The normalized spacial score (nSPS) is 18.6. The zero-order valence-electron chi connectivity index (χ0n) is 13.6. The number of hydrogen-bond acceptors (Lipinski definition) is 4. The highest BCUT2D eigenvalue weighted by Gasteiger charge is 2.17. The monoisotopic (exact) mass is 347 g/mol. The summed E-state index contributed by atoms with van der Waals surface area (Å²) in [5.41, 5.74) is 0.803. The van der Waals surface area contributed by atoms with Crippen LogP contribution in [0.4, 0.5) is 0 Å². The molecule has 1 saturated heterocycles. The van der Waals surface area contributed by atoms with Crippen LogP contribution in [-0.2, 0) is 4.74 Å². The fraction of sp³-hybridized carbons (Fsp3) is 0.471. The molecule has 0 bridgehead atoms. The lowest BCUT2D eigenvalue weighted by molar-refractivity contribution is 0.0899. The van der Waals surface area contributed by atoms with Crippen molar-refractivity contribution in [1.29, 1.82) is 0 Å². The minimum atomic E-state index is -0.259. The van der Waals surface area contributed by atoms with Gasteiger partial charge in [0.2, 0.25) is 0 Å². The molecule has 1 aromatic carbocycles. The number of carbonyl (C=O) groups is 1. The van der Waals surface area contributed by atoms with Gasteiger partial charge in [-0.2, -0.15) is 0 Å². The third-order valence-electron chi connectivity index (χ3n) is 4.32. The van der Waals surface area contributed by atoms with Gasteiger partial charge in [0.15, 0.2) is 4.77 Å². The van der Waals surface area contributed by atoms with Gasteiger partial charge >= 0.3 is 0 Å². The first-order valence-corrected chi connectivity index (χ1v) is 8.62. The Hall–Kier alpha value is -1.99. The second-order valence-electron chi connectivity index (χ2n) is 6.26. The SMILES string of the molecule is C[C@@H](CC[C@H]1CCCO1)NC(=O)c1ccc2c(=O)[nH]c(=S)[nH]c2c1. The van der Waals surface area contributed by atoms with E-state index in [1.807, 2.05) is 6.92 Å². The summed E-state index contributed by atoms with van der Waals surface area (Å²) < 4.78 is 5.85. The number of fused-ring (bicyclic) bond motifs is 1. The largest absolute Gasteiger partial charge is 0.378 e. The van der Waals surface area contributed by atoms with Crippen LogP contribution in [0.2, 0.25) is 0 Å². The lowest BCUT2D eigenvalue weighted by atomic mass is 10.1. The first-order chi connectivity index (χ1) is 11.5. The highest BCUT2D eigenvalue weighted by atomic mass is 32.1. The van der Waals surface area contributed by atoms with Crippen molar-refractivity contribution in [2.24, 2.45) is 0 Å². The van der Waals surface area contributed by atoms with E-state index in [2.05, 4.69) is 15.3 Å². The number of nitrogens with one attached hydrogen (secondary N) is 3. The number of hydrogen-bond donors (Lipinski definition) is 3. The molecule has 1 fully saturated rings.